The molecular formula is C23H22ClNO6S. The molecule has 168 valence electrons. The normalized spacial score (nSPS) is 15.8. The molecule has 0 spiro atoms. The first-order chi connectivity index (χ1) is 15.2. The molecule has 0 saturated carbocycles. The maximum absolute atomic E-state index is 12.7. The van der Waals surface area contributed by atoms with Crippen LogP contribution in [-0.2, 0) is 20.9 Å². The minimum Gasteiger partial charge on any atom is -0.493 e. The second-order valence-electron chi connectivity index (χ2n) is 7.06. The third kappa shape index (κ3) is 5.08. The van der Waals surface area contributed by atoms with Gasteiger partial charge >= 0.3 is 5.97 Å². The SMILES string of the molecule is COC(=O)[C@@H](C)N1C(=O)S/C(=C/c2cc(Cl)c(OCc3ccc(C)cc3)c(OC)c2)C1=O. The number of methoxy groups -OCH3 is 2. The predicted molar refractivity (Wildman–Crippen MR) is 123 cm³/mol. The van der Waals surface area contributed by atoms with E-state index < -0.39 is 23.2 Å². The molecule has 2 aromatic rings. The maximum Gasteiger partial charge on any atom is 0.328 e. The van der Waals surface area contributed by atoms with Gasteiger partial charge in [-0.25, -0.2) is 4.79 Å². The van der Waals surface area contributed by atoms with Gasteiger partial charge in [0.15, 0.2) is 11.5 Å². The van der Waals surface area contributed by atoms with Crippen LogP contribution in [0, 0.1) is 6.92 Å². The highest BCUT2D eigenvalue weighted by atomic mass is 35.5. The Kier molecular flexibility index (Phi) is 7.48. The lowest BCUT2D eigenvalue weighted by Gasteiger charge is -2.18. The molecule has 1 saturated heterocycles. The first kappa shape index (κ1) is 23.7. The molecule has 2 aromatic carbocycles. The van der Waals surface area contributed by atoms with E-state index in [9.17, 15) is 14.4 Å². The average molecular weight is 476 g/mol. The van der Waals surface area contributed by atoms with E-state index in [4.69, 9.17) is 21.1 Å². The largest absolute Gasteiger partial charge is 0.493 e. The van der Waals surface area contributed by atoms with Crippen LogP contribution < -0.4 is 9.47 Å². The molecule has 32 heavy (non-hydrogen) atoms. The number of benzene rings is 2. The Labute approximate surface area is 195 Å². The first-order valence-electron chi connectivity index (χ1n) is 9.66. The van der Waals surface area contributed by atoms with Crippen molar-refractivity contribution in [3.8, 4) is 11.5 Å². The molecule has 0 radical (unpaired) electrons. The summed E-state index contributed by atoms with van der Waals surface area (Å²) in [5.41, 5.74) is 2.68. The zero-order chi connectivity index (χ0) is 23.4. The third-order valence-corrected chi connectivity index (χ3v) is 5.97. The van der Waals surface area contributed by atoms with Gasteiger partial charge in [0.2, 0.25) is 0 Å². The van der Waals surface area contributed by atoms with Crippen LogP contribution in [-0.4, -0.2) is 42.3 Å². The van der Waals surface area contributed by atoms with Crippen LogP contribution in [0.2, 0.25) is 5.02 Å². The van der Waals surface area contributed by atoms with Crippen molar-refractivity contribution in [1.29, 1.82) is 0 Å². The summed E-state index contributed by atoms with van der Waals surface area (Å²) >= 11 is 7.17. The van der Waals surface area contributed by atoms with Crippen LogP contribution >= 0.6 is 23.4 Å². The van der Waals surface area contributed by atoms with Crippen LogP contribution in [0.4, 0.5) is 4.79 Å². The fourth-order valence-corrected chi connectivity index (χ4v) is 4.23. The van der Waals surface area contributed by atoms with Gasteiger partial charge < -0.3 is 14.2 Å². The van der Waals surface area contributed by atoms with Crippen LogP contribution in [0.1, 0.15) is 23.6 Å². The second kappa shape index (κ2) is 10.1. The molecule has 9 heteroatoms. The zero-order valence-corrected chi connectivity index (χ0v) is 19.6. The van der Waals surface area contributed by atoms with E-state index in [1.807, 2.05) is 31.2 Å². The molecule has 0 bridgehead atoms. The molecule has 7 nitrogen and oxygen atoms in total. The average Bonchev–Trinajstić information content (AvgIpc) is 3.05. The van der Waals surface area contributed by atoms with E-state index >= 15 is 0 Å². The molecule has 0 aliphatic carbocycles. The van der Waals surface area contributed by atoms with Crippen molar-refractivity contribution in [2.75, 3.05) is 14.2 Å². The van der Waals surface area contributed by atoms with Crippen molar-refractivity contribution in [1.82, 2.24) is 4.90 Å². The van der Waals surface area contributed by atoms with Crippen molar-refractivity contribution in [2.24, 2.45) is 0 Å². The lowest BCUT2D eigenvalue weighted by Crippen LogP contribution is -2.42. The molecule has 3 rings (SSSR count). The van der Waals surface area contributed by atoms with Crippen molar-refractivity contribution >= 4 is 46.6 Å². The monoisotopic (exact) mass is 475 g/mol. The molecule has 0 aromatic heterocycles. The Morgan fingerprint density at radius 2 is 1.88 bits per heavy atom. The smallest absolute Gasteiger partial charge is 0.328 e. The minimum absolute atomic E-state index is 0.164. The standard InChI is InChI=1S/C23H22ClNO6S/c1-13-5-7-15(8-6-13)12-31-20-17(24)9-16(10-18(20)29-3)11-19-21(26)25(23(28)32-19)14(2)22(27)30-4/h5-11,14H,12H2,1-4H3/b19-11+/t14-/m1/s1. The van der Waals surface area contributed by atoms with E-state index in [0.717, 1.165) is 27.8 Å². The summed E-state index contributed by atoms with van der Waals surface area (Å²) < 4.78 is 15.9. The number of thioether (sulfide) groups is 1. The lowest BCUT2D eigenvalue weighted by atomic mass is 10.1. The predicted octanol–water partition coefficient (Wildman–Crippen LogP) is 4.83. The van der Waals surface area contributed by atoms with Gasteiger partial charge in [-0.05, 0) is 54.9 Å². The van der Waals surface area contributed by atoms with E-state index in [-0.39, 0.29) is 4.91 Å². The van der Waals surface area contributed by atoms with Gasteiger partial charge in [-0.2, -0.15) is 0 Å². The highest BCUT2D eigenvalue weighted by Crippen LogP contribution is 2.39. The topological polar surface area (TPSA) is 82.1 Å². The number of hydrogen-bond acceptors (Lipinski definition) is 7. The number of esters is 1. The summed E-state index contributed by atoms with van der Waals surface area (Å²) in [6.07, 6.45) is 1.52. The Morgan fingerprint density at radius 3 is 2.50 bits per heavy atom. The zero-order valence-electron chi connectivity index (χ0n) is 18.0. The summed E-state index contributed by atoms with van der Waals surface area (Å²) in [6, 6.07) is 10.2. The van der Waals surface area contributed by atoms with Crippen LogP contribution in [0.3, 0.4) is 0 Å². The lowest BCUT2D eigenvalue weighted by molar-refractivity contribution is -0.148. The Hall–Kier alpha value is -2.97. The van der Waals surface area contributed by atoms with Crippen LogP contribution in [0.15, 0.2) is 41.3 Å². The fourth-order valence-electron chi connectivity index (χ4n) is 3.04. The van der Waals surface area contributed by atoms with Crippen molar-refractivity contribution < 1.29 is 28.6 Å². The molecule has 1 aliphatic heterocycles. The summed E-state index contributed by atoms with van der Waals surface area (Å²) in [4.78, 5) is 37.8. The molecule has 1 heterocycles. The Balaban J connectivity index is 1.83. The molecule has 0 unspecified atom stereocenters. The number of amides is 2. The van der Waals surface area contributed by atoms with Crippen LogP contribution in [0.25, 0.3) is 6.08 Å². The van der Waals surface area contributed by atoms with Crippen molar-refractivity contribution in [2.45, 2.75) is 26.5 Å². The number of halogens is 1. The van der Waals surface area contributed by atoms with Gasteiger partial charge in [0.25, 0.3) is 11.1 Å². The number of imide groups is 1. The van der Waals surface area contributed by atoms with Gasteiger partial charge in [-0.15, -0.1) is 0 Å². The number of hydrogen-bond donors (Lipinski definition) is 0. The molecule has 1 aliphatic rings. The van der Waals surface area contributed by atoms with E-state index in [2.05, 4.69) is 4.74 Å². The quantitative estimate of drug-likeness (QED) is 0.418. The maximum atomic E-state index is 12.7. The second-order valence-corrected chi connectivity index (χ2v) is 8.46. The van der Waals surface area contributed by atoms with E-state index in [1.165, 1.54) is 27.2 Å². The molecule has 1 atom stereocenters. The number of ether oxygens (including phenoxy) is 3. The van der Waals surface area contributed by atoms with Gasteiger partial charge in [-0.1, -0.05) is 41.4 Å². The number of aryl methyl sites for hydroxylation is 1. The Bertz CT molecular complexity index is 1080. The first-order valence-corrected chi connectivity index (χ1v) is 10.9. The van der Waals surface area contributed by atoms with Gasteiger partial charge in [0.1, 0.15) is 12.6 Å². The number of rotatable bonds is 7. The number of carbonyl (C=O) groups excluding carboxylic acids is 3. The molecule has 2 amide bonds. The summed E-state index contributed by atoms with van der Waals surface area (Å²) in [5, 5.41) is -0.250. The van der Waals surface area contributed by atoms with Gasteiger partial charge in [-0.3, -0.25) is 14.5 Å². The molecule has 0 N–H and O–H groups in total. The van der Waals surface area contributed by atoms with Crippen molar-refractivity contribution in [3.63, 3.8) is 0 Å². The highest BCUT2D eigenvalue weighted by molar-refractivity contribution is 8.18. The van der Waals surface area contributed by atoms with Gasteiger partial charge in [0.05, 0.1) is 24.1 Å². The third-order valence-electron chi connectivity index (χ3n) is 4.81. The van der Waals surface area contributed by atoms with Crippen LogP contribution in [0.5, 0.6) is 11.5 Å². The highest BCUT2D eigenvalue weighted by Gasteiger charge is 2.41. The van der Waals surface area contributed by atoms with Gasteiger partial charge in [0, 0.05) is 0 Å². The Morgan fingerprint density at radius 1 is 1.19 bits per heavy atom. The summed E-state index contributed by atoms with van der Waals surface area (Å²) in [6.45, 7) is 3.75. The number of carbonyl (C=O) groups is 3. The fraction of sp³-hybridized carbons (Fsp3) is 0.261. The van der Waals surface area contributed by atoms with Crippen molar-refractivity contribution in [3.05, 3.63) is 63.0 Å². The van der Waals surface area contributed by atoms with E-state index in [1.54, 1.807) is 12.1 Å². The minimum atomic E-state index is -1.02. The summed E-state index contributed by atoms with van der Waals surface area (Å²) in [7, 11) is 2.69. The van der Waals surface area contributed by atoms with E-state index in [0.29, 0.717) is 28.7 Å². The molecular weight excluding hydrogens is 454 g/mol. The molecule has 1 fully saturated rings. The number of nitrogens with zero attached hydrogens (tertiary/aromatic N) is 1. The summed E-state index contributed by atoms with van der Waals surface area (Å²) in [5.74, 6) is -0.488.